The lowest BCUT2D eigenvalue weighted by Crippen LogP contribution is -1.74. The Kier molecular flexibility index (Phi) is 4.90. The van der Waals surface area contributed by atoms with Crippen LogP contribution in [0.4, 0.5) is 5.69 Å². The van der Waals surface area contributed by atoms with Crippen LogP contribution >= 0.6 is 15.9 Å². The number of para-hydroxylation sites is 1. The van der Waals surface area contributed by atoms with E-state index in [1.165, 1.54) is 0 Å². The molecule has 3 heteroatoms. The number of benzene rings is 1. The molecule has 0 aliphatic heterocycles. The quantitative estimate of drug-likeness (QED) is 0.458. The van der Waals surface area contributed by atoms with E-state index < -0.39 is 0 Å². The van der Waals surface area contributed by atoms with Crippen molar-refractivity contribution in [1.82, 2.24) is 0 Å². The Hall–Kier alpha value is -1.18. The molecule has 0 aromatic heterocycles. The number of aliphatic imine (C=N–C) groups is 1. The highest BCUT2D eigenvalue weighted by molar-refractivity contribution is 9.09. The molecular formula is C11H10BrNO. The zero-order valence-corrected chi connectivity index (χ0v) is 9.20. The molecule has 0 atom stereocenters. The van der Waals surface area contributed by atoms with Gasteiger partial charge in [-0.15, -0.1) is 0 Å². The van der Waals surface area contributed by atoms with E-state index in [9.17, 15) is 4.79 Å². The number of isocyanates is 1. The second-order valence-electron chi connectivity index (χ2n) is 2.64. The summed E-state index contributed by atoms with van der Waals surface area (Å²) < 4.78 is 0. The summed E-state index contributed by atoms with van der Waals surface area (Å²) in [5.74, 6) is 0. The van der Waals surface area contributed by atoms with Crippen molar-refractivity contribution in [2.24, 2.45) is 4.99 Å². The maximum atomic E-state index is 10.1. The second-order valence-corrected chi connectivity index (χ2v) is 3.43. The Balaban J connectivity index is 2.89. The summed E-state index contributed by atoms with van der Waals surface area (Å²) in [7, 11) is 0. The number of halogens is 1. The van der Waals surface area contributed by atoms with Crippen molar-refractivity contribution in [3.8, 4) is 0 Å². The van der Waals surface area contributed by atoms with Crippen LogP contribution in [-0.2, 0) is 4.79 Å². The smallest absolute Gasteiger partial charge is 0.211 e. The molecule has 0 aliphatic rings. The van der Waals surface area contributed by atoms with Crippen LogP contribution in [0.3, 0.4) is 0 Å². The fourth-order valence-electron chi connectivity index (χ4n) is 1.05. The van der Waals surface area contributed by atoms with E-state index in [0.29, 0.717) is 5.69 Å². The van der Waals surface area contributed by atoms with Gasteiger partial charge in [-0.05, 0) is 12.5 Å². The van der Waals surface area contributed by atoms with Gasteiger partial charge in [-0.1, -0.05) is 46.3 Å². The molecule has 0 fully saturated rings. The van der Waals surface area contributed by atoms with Crippen molar-refractivity contribution < 1.29 is 4.79 Å². The summed E-state index contributed by atoms with van der Waals surface area (Å²) in [6.07, 6.45) is 6.50. The number of rotatable bonds is 4. The third-order valence-electron chi connectivity index (χ3n) is 1.68. The summed E-state index contributed by atoms with van der Waals surface area (Å²) >= 11 is 3.34. The second kappa shape index (κ2) is 6.30. The number of allylic oxidation sites excluding steroid dienone is 1. The minimum atomic E-state index is 0.660. The van der Waals surface area contributed by atoms with Crippen molar-refractivity contribution in [3.05, 3.63) is 35.9 Å². The number of hydrogen-bond acceptors (Lipinski definition) is 2. The van der Waals surface area contributed by atoms with E-state index in [-0.39, 0.29) is 0 Å². The first-order chi connectivity index (χ1) is 6.88. The van der Waals surface area contributed by atoms with Gasteiger partial charge in [-0.25, -0.2) is 4.79 Å². The predicted molar refractivity (Wildman–Crippen MR) is 61.7 cm³/mol. The monoisotopic (exact) mass is 251 g/mol. The van der Waals surface area contributed by atoms with Crippen LogP contribution in [0, 0.1) is 0 Å². The molecule has 0 radical (unpaired) electrons. The van der Waals surface area contributed by atoms with Crippen molar-refractivity contribution in [2.75, 3.05) is 5.33 Å². The van der Waals surface area contributed by atoms with E-state index in [1.54, 1.807) is 12.1 Å². The molecule has 0 bridgehead atoms. The summed E-state index contributed by atoms with van der Waals surface area (Å²) in [4.78, 5) is 13.8. The summed E-state index contributed by atoms with van der Waals surface area (Å²) in [6.45, 7) is 0. The van der Waals surface area contributed by atoms with Gasteiger partial charge in [-0.3, -0.25) is 0 Å². The first-order valence-electron chi connectivity index (χ1n) is 4.28. The van der Waals surface area contributed by atoms with Crippen LogP contribution in [0.1, 0.15) is 12.0 Å². The zero-order valence-electron chi connectivity index (χ0n) is 7.61. The molecular weight excluding hydrogens is 242 g/mol. The standard InChI is InChI=1S/C11H10BrNO/c12-8-4-3-6-10-5-1-2-7-11(10)13-9-14/h1-3,5-7H,4,8H2. The van der Waals surface area contributed by atoms with E-state index in [1.807, 2.05) is 30.4 Å². The molecule has 72 valence electrons. The first kappa shape index (κ1) is 10.9. The van der Waals surface area contributed by atoms with Gasteiger partial charge in [0.2, 0.25) is 6.08 Å². The lowest BCUT2D eigenvalue weighted by atomic mass is 10.1. The maximum Gasteiger partial charge on any atom is 0.240 e. The Bertz CT molecular complexity index is 367. The first-order valence-corrected chi connectivity index (χ1v) is 5.40. The van der Waals surface area contributed by atoms with E-state index in [2.05, 4.69) is 20.9 Å². The van der Waals surface area contributed by atoms with Gasteiger partial charge >= 0.3 is 0 Å². The van der Waals surface area contributed by atoms with Crippen molar-refractivity contribution >= 4 is 33.8 Å². The van der Waals surface area contributed by atoms with Gasteiger partial charge in [0.1, 0.15) is 0 Å². The van der Waals surface area contributed by atoms with Crippen LogP contribution in [0.5, 0.6) is 0 Å². The molecule has 1 aromatic rings. The predicted octanol–water partition coefficient (Wildman–Crippen LogP) is 3.45. The van der Waals surface area contributed by atoms with Crippen LogP contribution in [0.25, 0.3) is 6.08 Å². The molecule has 0 unspecified atom stereocenters. The Morgan fingerprint density at radius 2 is 2.21 bits per heavy atom. The van der Waals surface area contributed by atoms with Gasteiger partial charge in [0.05, 0.1) is 5.69 Å². The van der Waals surface area contributed by atoms with E-state index in [0.717, 1.165) is 17.3 Å². The minimum Gasteiger partial charge on any atom is -0.211 e. The fourth-order valence-corrected chi connectivity index (χ4v) is 1.32. The third-order valence-corrected chi connectivity index (χ3v) is 2.13. The normalized spacial score (nSPS) is 10.1. The van der Waals surface area contributed by atoms with Crippen molar-refractivity contribution in [3.63, 3.8) is 0 Å². The highest BCUT2D eigenvalue weighted by Crippen LogP contribution is 2.19. The van der Waals surface area contributed by atoms with Crippen LogP contribution in [0.15, 0.2) is 35.3 Å². The number of carbonyl (C=O) groups excluding carboxylic acids is 1. The van der Waals surface area contributed by atoms with Crippen LogP contribution in [-0.4, -0.2) is 11.4 Å². The highest BCUT2D eigenvalue weighted by atomic mass is 79.9. The Morgan fingerprint density at radius 1 is 1.43 bits per heavy atom. The van der Waals surface area contributed by atoms with Crippen molar-refractivity contribution in [1.29, 1.82) is 0 Å². The van der Waals surface area contributed by atoms with Gasteiger partial charge in [0, 0.05) is 10.9 Å². The van der Waals surface area contributed by atoms with Crippen molar-refractivity contribution in [2.45, 2.75) is 6.42 Å². The molecule has 2 nitrogen and oxygen atoms in total. The molecule has 0 aliphatic carbocycles. The van der Waals surface area contributed by atoms with Crippen LogP contribution < -0.4 is 0 Å². The molecule has 0 N–H and O–H groups in total. The molecule has 0 saturated carbocycles. The molecule has 1 rings (SSSR count). The Morgan fingerprint density at radius 3 is 2.93 bits per heavy atom. The van der Waals surface area contributed by atoms with Gasteiger partial charge in [0.15, 0.2) is 0 Å². The molecule has 0 amide bonds. The molecule has 0 heterocycles. The zero-order chi connectivity index (χ0) is 10.2. The Labute approximate surface area is 91.5 Å². The summed E-state index contributed by atoms with van der Waals surface area (Å²) in [6, 6.07) is 7.47. The largest absolute Gasteiger partial charge is 0.240 e. The summed E-state index contributed by atoms with van der Waals surface area (Å²) in [5.41, 5.74) is 1.60. The van der Waals surface area contributed by atoms with Crippen LogP contribution in [0.2, 0.25) is 0 Å². The van der Waals surface area contributed by atoms with E-state index >= 15 is 0 Å². The minimum absolute atomic E-state index is 0.660. The number of hydrogen-bond donors (Lipinski definition) is 0. The highest BCUT2D eigenvalue weighted by Gasteiger charge is 1.94. The van der Waals surface area contributed by atoms with E-state index in [4.69, 9.17) is 0 Å². The lowest BCUT2D eigenvalue weighted by molar-refractivity contribution is 0.565. The average Bonchev–Trinajstić information content (AvgIpc) is 2.21. The summed E-state index contributed by atoms with van der Waals surface area (Å²) in [5, 5.41) is 0.933. The average molecular weight is 252 g/mol. The van der Waals surface area contributed by atoms with Gasteiger partial charge < -0.3 is 0 Å². The van der Waals surface area contributed by atoms with Gasteiger partial charge in [0.25, 0.3) is 0 Å². The lowest BCUT2D eigenvalue weighted by Gasteiger charge is -1.96. The number of nitrogens with zero attached hydrogens (tertiary/aromatic N) is 1. The molecule has 14 heavy (non-hydrogen) atoms. The maximum absolute atomic E-state index is 10.1. The topological polar surface area (TPSA) is 29.4 Å². The molecule has 0 spiro atoms. The third kappa shape index (κ3) is 3.29. The molecule has 0 saturated heterocycles. The fraction of sp³-hybridized carbons (Fsp3) is 0.182. The number of alkyl halides is 1. The SMILES string of the molecule is O=C=Nc1ccccc1C=CCCBr. The van der Waals surface area contributed by atoms with Gasteiger partial charge in [-0.2, -0.15) is 4.99 Å². The molecule has 1 aromatic carbocycles.